The maximum Gasteiger partial charge on any atom is 0.157 e. The van der Waals surface area contributed by atoms with Gasteiger partial charge in [0.15, 0.2) is 15.6 Å². The van der Waals surface area contributed by atoms with Crippen molar-refractivity contribution in [3.8, 4) is 0 Å². The fourth-order valence-corrected chi connectivity index (χ4v) is 4.18. The molecular formula is C16H30O3S. The van der Waals surface area contributed by atoms with E-state index in [4.69, 9.17) is 0 Å². The van der Waals surface area contributed by atoms with Gasteiger partial charge in [-0.3, -0.25) is 4.79 Å². The molecule has 118 valence electrons. The fraction of sp³-hybridized carbons (Fsp3) is 0.938. The van der Waals surface area contributed by atoms with E-state index >= 15 is 0 Å². The first kappa shape index (κ1) is 17.7. The number of ketones is 1. The normalized spacial score (nSPS) is 25.6. The first-order valence-corrected chi connectivity index (χ1v) is 10.2. The lowest BCUT2D eigenvalue weighted by molar-refractivity contribution is -0.118. The van der Waals surface area contributed by atoms with Crippen LogP contribution in [0.1, 0.15) is 83.5 Å². The summed E-state index contributed by atoms with van der Waals surface area (Å²) in [5.74, 6) is -0.0534. The second kappa shape index (κ2) is 9.54. The molecule has 0 aromatic heterocycles. The van der Waals surface area contributed by atoms with Crippen molar-refractivity contribution in [3.63, 3.8) is 0 Å². The van der Waals surface area contributed by atoms with Crippen molar-refractivity contribution in [1.29, 1.82) is 0 Å². The Morgan fingerprint density at radius 3 is 1.60 bits per heavy atom. The number of carbonyl (C=O) groups is 1. The highest BCUT2D eigenvalue weighted by molar-refractivity contribution is 7.92. The van der Waals surface area contributed by atoms with E-state index in [2.05, 4.69) is 0 Å². The molecule has 1 rings (SSSR count). The molecule has 1 fully saturated rings. The topological polar surface area (TPSA) is 51.2 Å². The molecule has 0 aromatic rings. The third-order valence-corrected chi connectivity index (χ3v) is 5.80. The highest BCUT2D eigenvalue weighted by Crippen LogP contribution is 2.18. The Hall–Kier alpha value is -0.380. The summed E-state index contributed by atoms with van der Waals surface area (Å²) in [7, 11) is -3.24. The molecule has 0 aliphatic heterocycles. The van der Waals surface area contributed by atoms with E-state index in [9.17, 15) is 13.2 Å². The molecule has 4 heteroatoms. The number of carbonyl (C=O) groups excluding carboxylic acids is 1. The SMILES string of the molecule is CS(=O)(=O)C1CCCCCCCCCCCCCC1=O. The number of rotatable bonds is 1. The second-order valence-electron chi connectivity index (χ2n) is 6.21. The molecule has 0 N–H and O–H groups in total. The lowest BCUT2D eigenvalue weighted by Gasteiger charge is -2.13. The molecule has 0 bridgehead atoms. The Balaban J connectivity index is 2.54. The zero-order valence-electron chi connectivity index (χ0n) is 12.9. The summed E-state index contributed by atoms with van der Waals surface area (Å²) in [6.45, 7) is 0. The van der Waals surface area contributed by atoms with Gasteiger partial charge in [-0.2, -0.15) is 0 Å². The van der Waals surface area contributed by atoms with Crippen molar-refractivity contribution in [2.45, 2.75) is 88.7 Å². The Kier molecular flexibility index (Phi) is 8.43. The van der Waals surface area contributed by atoms with E-state index in [1.807, 2.05) is 0 Å². The fourth-order valence-electron chi connectivity index (χ4n) is 2.99. The average molecular weight is 302 g/mol. The lowest BCUT2D eigenvalue weighted by Crippen LogP contribution is -2.29. The molecule has 20 heavy (non-hydrogen) atoms. The van der Waals surface area contributed by atoms with Crippen molar-refractivity contribution in [2.75, 3.05) is 6.26 Å². The third kappa shape index (κ3) is 7.41. The maximum atomic E-state index is 12.1. The molecule has 0 radical (unpaired) electrons. The van der Waals surface area contributed by atoms with Gasteiger partial charge < -0.3 is 0 Å². The van der Waals surface area contributed by atoms with E-state index in [1.165, 1.54) is 51.2 Å². The van der Waals surface area contributed by atoms with E-state index in [0.29, 0.717) is 12.8 Å². The number of sulfone groups is 1. The summed E-state index contributed by atoms with van der Waals surface area (Å²) in [5.41, 5.74) is 0. The highest BCUT2D eigenvalue weighted by atomic mass is 32.2. The largest absolute Gasteiger partial charge is 0.298 e. The Morgan fingerprint density at radius 2 is 1.15 bits per heavy atom. The van der Waals surface area contributed by atoms with Crippen LogP contribution in [0.2, 0.25) is 0 Å². The Morgan fingerprint density at radius 1 is 0.750 bits per heavy atom. The first-order valence-electron chi connectivity index (χ1n) is 8.23. The molecule has 0 amide bonds. The van der Waals surface area contributed by atoms with Gasteiger partial charge in [-0.05, 0) is 12.8 Å². The van der Waals surface area contributed by atoms with Crippen LogP contribution in [0.4, 0.5) is 0 Å². The number of hydrogen-bond acceptors (Lipinski definition) is 3. The third-order valence-electron chi connectivity index (χ3n) is 4.27. The van der Waals surface area contributed by atoms with E-state index < -0.39 is 15.1 Å². The maximum absolute atomic E-state index is 12.1. The van der Waals surface area contributed by atoms with Crippen LogP contribution in [-0.4, -0.2) is 25.7 Å². The van der Waals surface area contributed by atoms with E-state index in [1.54, 1.807) is 0 Å². The second-order valence-corrected chi connectivity index (χ2v) is 8.44. The van der Waals surface area contributed by atoms with Crippen LogP contribution in [0.3, 0.4) is 0 Å². The summed E-state index contributed by atoms with van der Waals surface area (Å²) in [5, 5.41) is -0.743. The molecular weight excluding hydrogens is 272 g/mol. The summed E-state index contributed by atoms with van der Waals surface area (Å²) in [6, 6.07) is 0. The molecule has 1 saturated carbocycles. The average Bonchev–Trinajstić information content (AvgIpc) is 2.37. The minimum Gasteiger partial charge on any atom is -0.298 e. The van der Waals surface area contributed by atoms with Gasteiger partial charge in [-0.15, -0.1) is 0 Å². The first-order chi connectivity index (χ1) is 9.52. The van der Waals surface area contributed by atoms with Gasteiger partial charge in [0, 0.05) is 12.7 Å². The van der Waals surface area contributed by atoms with Gasteiger partial charge in [0.25, 0.3) is 0 Å². The van der Waals surface area contributed by atoms with Crippen LogP contribution in [0, 0.1) is 0 Å². The standard InChI is InChI=1S/C16H30O3S/c1-20(18,19)16-14-12-10-8-6-4-2-3-5-7-9-11-13-15(16)17/h16H,2-14H2,1H3. The zero-order valence-corrected chi connectivity index (χ0v) is 13.7. The van der Waals surface area contributed by atoms with Gasteiger partial charge in [-0.1, -0.05) is 64.2 Å². The van der Waals surface area contributed by atoms with Crippen LogP contribution >= 0.6 is 0 Å². The Labute approximate surface area is 124 Å². The predicted molar refractivity (Wildman–Crippen MR) is 83.7 cm³/mol. The van der Waals surface area contributed by atoms with Crippen molar-refractivity contribution in [2.24, 2.45) is 0 Å². The van der Waals surface area contributed by atoms with Gasteiger partial charge in [0.1, 0.15) is 5.25 Å². The van der Waals surface area contributed by atoms with Crippen molar-refractivity contribution in [1.82, 2.24) is 0 Å². The smallest absolute Gasteiger partial charge is 0.157 e. The molecule has 1 atom stereocenters. The number of Topliss-reactive ketones (excluding diaryl/α,β-unsaturated/α-hetero) is 1. The minimum atomic E-state index is -3.24. The summed E-state index contributed by atoms with van der Waals surface area (Å²) < 4.78 is 23.5. The van der Waals surface area contributed by atoms with Crippen LogP contribution in [0.25, 0.3) is 0 Å². The van der Waals surface area contributed by atoms with Gasteiger partial charge in [0.2, 0.25) is 0 Å². The molecule has 0 aromatic carbocycles. The predicted octanol–water partition coefficient (Wildman–Crippen LogP) is 4.05. The molecule has 0 saturated heterocycles. The molecule has 3 nitrogen and oxygen atoms in total. The molecule has 1 aliphatic rings. The van der Waals surface area contributed by atoms with Crippen LogP contribution in [-0.2, 0) is 14.6 Å². The quantitative estimate of drug-likeness (QED) is 0.734. The lowest BCUT2D eigenvalue weighted by atomic mass is 10.0. The van der Waals surface area contributed by atoms with Crippen LogP contribution in [0.5, 0.6) is 0 Å². The van der Waals surface area contributed by atoms with Crippen molar-refractivity contribution < 1.29 is 13.2 Å². The van der Waals surface area contributed by atoms with Crippen LogP contribution in [0.15, 0.2) is 0 Å². The van der Waals surface area contributed by atoms with E-state index in [0.717, 1.165) is 25.7 Å². The van der Waals surface area contributed by atoms with Gasteiger partial charge in [0.05, 0.1) is 0 Å². The summed E-state index contributed by atoms with van der Waals surface area (Å²) >= 11 is 0. The minimum absolute atomic E-state index is 0.0534. The Bertz CT molecular complexity index is 373. The van der Waals surface area contributed by atoms with Gasteiger partial charge in [-0.25, -0.2) is 8.42 Å². The molecule has 1 unspecified atom stereocenters. The summed E-state index contributed by atoms with van der Waals surface area (Å²) in [4.78, 5) is 12.1. The monoisotopic (exact) mass is 302 g/mol. The number of hydrogen-bond donors (Lipinski definition) is 0. The highest BCUT2D eigenvalue weighted by Gasteiger charge is 2.27. The van der Waals surface area contributed by atoms with Crippen LogP contribution < -0.4 is 0 Å². The zero-order chi connectivity index (χ0) is 14.8. The molecule has 0 spiro atoms. The molecule has 0 heterocycles. The van der Waals surface area contributed by atoms with Crippen molar-refractivity contribution >= 4 is 15.6 Å². The van der Waals surface area contributed by atoms with E-state index in [-0.39, 0.29) is 5.78 Å². The summed E-state index contributed by atoms with van der Waals surface area (Å²) in [6.07, 6.45) is 14.8. The van der Waals surface area contributed by atoms with Gasteiger partial charge >= 0.3 is 0 Å². The molecule has 1 aliphatic carbocycles. The van der Waals surface area contributed by atoms with Crippen molar-refractivity contribution in [3.05, 3.63) is 0 Å².